The second-order valence-electron chi connectivity index (χ2n) is 8.51. The molecule has 1 aliphatic heterocycles. The molecule has 13 heteroatoms. The summed E-state index contributed by atoms with van der Waals surface area (Å²) in [7, 11) is 0. The van der Waals surface area contributed by atoms with Gasteiger partial charge >= 0.3 is 11.9 Å². The van der Waals surface area contributed by atoms with E-state index in [2.05, 4.69) is 0 Å². The van der Waals surface area contributed by atoms with Crippen LogP contribution in [0.4, 0.5) is 0 Å². The molecule has 0 unspecified atom stereocenters. The van der Waals surface area contributed by atoms with Crippen LogP contribution in [-0.2, 0) is 14.2 Å². The molecule has 4 rings (SSSR count). The van der Waals surface area contributed by atoms with E-state index in [1.807, 2.05) is 0 Å². The molecule has 1 saturated heterocycles. The predicted octanol–water partition coefficient (Wildman–Crippen LogP) is 1.12. The summed E-state index contributed by atoms with van der Waals surface area (Å²) in [5.74, 6) is -4.49. The van der Waals surface area contributed by atoms with Gasteiger partial charge in [0.1, 0.15) is 42.2 Å². The van der Waals surface area contributed by atoms with E-state index in [0.29, 0.717) is 0 Å². The molecule has 0 bridgehead atoms. The second-order valence-corrected chi connectivity index (χ2v) is 8.51. The Morgan fingerprint density at radius 1 is 0.744 bits per heavy atom. The molecule has 0 saturated carbocycles. The smallest absolute Gasteiger partial charge is 0.339 e. The van der Waals surface area contributed by atoms with Crippen molar-refractivity contribution in [2.24, 2.45) is 0 Å². The van der Waals surface area contributed by atoms with Gasteiger partial charge < -0.3 is 54.7 Å². The molecular weight excluding hydrogens is 520 g/mol. The number of carbonyl (C=O) groups is 2. The van der Waals surface area contributed by atoms with Crippen LogP contribution in [-0.4, -0.2) is 85.0 Å². The third kappa shape index (κ3) is 6.23. The van der Waals surface area contributed by atoms with E-state index in [0.717, 1.165) is 12.1 Å². The van der Waals surface area contributed by atoms with Crippen molar-refractivity contribution < 1.29 is 64.3 Å². The maximum atomic E-state index is 12.8. The normalized spacial score (nSPS) is 22.6. The highest BCUT2D eigenvalue weighted by Crippen LogP contribution is 2.36. The van der Waals surface area contributed by atoms with E-state index in [1.54, 1.807) is 0 Å². The van der Waals surface area contributed by atoms with E-state index in [1.165, 1.54) is 48.5 Å². The average molecular weight is 544 g/mol. The van der Waals surface area contributed by atoms with E-state index in [-0.39, 0.29) is 22.8 Å². The van der Waals surface area contributed by atoms with Crippen LogP contribution in [0.5, 0.6) is 34.5 Å². The van der Waals surface area contributed by atoms with Gasteiger partial charge in [-0.3, -0.25) is 0 Å². The molecular formula is C26H24O13. The van der Waals surface area contributed by atoms with Gasteiger partial charge in [-0.1, -0.05) is 0 Å². The molecule has 1 heterocycles. The van der Waals surface area contributed by atoms with Gasteiger partial charge in [0.25, 0.3) is 0 Å². The lowest BCUT2D eigenvalue weighted by atomic mass is 9.99. The average Bonchev–Trinajstić information content (AvgIpc) is 2.91. The summed E-state index contributed by atoms with van der Waals surface area (Å²) in [5.41, 5.74) is -0.305. The molecule has 0 aromatic heterocycles. The van der Waals surface area contributed by atoms with Crippen molar-refractivity contribution in [2.75, 3.05) is 6.61 Å². The summed E-state index contributed by atoms with van der Waals surface area (Å²) >= 11 is 0. The molecule has 206 valence electrons. The van der Waals surface area contributed by atoms with Crippen molar-refractivity contribution >= 4 is 11.9 Å². The quantitative estimate of drug-likeness (QED) is 0.164. The Morgan fingerprint density at radius 2 is 1.31 bits per heavy atom. The fourth-order valence-electron chi connectivity index (χ4n) is 3.67. The van der Waals surface area contributed by atoms with Crippen molar-refractivity contribution in [3.8, 4) is 34.5 Å². The number of aliphatic hydroxyl groups is 2. The fraction of sp³-hybridized carbons (Fsp3) is 0.231. The first-order valence-corrected chi connectivity index (χ1v) is 11.4. The number of aromatic hydroxyl groups is 5. The van der Waals surface area contributed by atoms with Gasteiger partial charge in [-0.2, -0.15) is 0 Å². The maximum absolute atomic E-state index is 12.8. The number of phenolic OH excluding ortho intramolecular Hbond substituents is 5. The molecule has 5 atom stereocenters. The molecule has 7 N–H and O–H groups in total. The zero-order valence-corrected chi connectivity index (χ0v) is 19.9. The zero-order valence-electron chi connectivity index (χ0n) is 19.9. The van der Waals surface area contributed by atoms with Crippen LogP contribution in [0.2, 0.25) is 0 Å². The standard InChI is InChI=1S/C26H24O13/c27-14-3-1-12(2-4-14)24(34)36-11-19-21(32)22(33)23(26(38-19)37-16-7-5-15(28)6-8-16)39-25(35)13-9-17(29)20(31)18(30)10-13/h1-10,19,21-23,26-33H,11H2/t19-,21-,22+,23-,26-/m1/s1. The van der Waals surface area contributed by atoms with Crippen molar-refractivity contribution in [1.29, 1.82) is 0 Å². The third-order valence-electron chi connectivity index (χ3n) is 5.76. The number of hydrogen-bond acceptors (Lipinski definition) is 13. The number of carbonyl (C=O) groups excluding carboxylic acids is 2. The summed E-state index contributed by atoms with van der Waals surface area (Å²) in [6.07, 6.45) is -8.17. The van der Waals surface area contributed by atoms with E-state index >= 15 is 0 Å². The lowest BCUT2D eigenvalue weighted by Crippen LogP contribution is -2.61. The molecule has 3 aromatic carbocycles. The lowest BCUT2D eigenvalue weighted by Gasteiger charge is -2.41. The van der Waals surface area contributed by atoms with Crippen LogP contribution in [0.3, 0.4) is 0 Å². The van der Waals surface area contributed by atoms with Gasteiger partial charge in [-0.25, -0.2) is 9.59 Å². The summed E-state index contributed by atoms with van der Waals surface area (Å²) in [5, 5.41) is 69.3. The summed E-state index contributed by atoms with van der Waals surface area (Å²) in [4.78, 5) is 25.1. The zero-order chi connectivity index (χ0) is 28.3. The van der Waals surface area contributed by atoms with E-state index < -0.39 is 72.1 Å². The van der Waals surface area contributed by atoms with Crippen molar-refractivity contribution in [3.63, 3.8) is 0 Å². The monoisotopic (exact) mass is 544 g/mol. The van der Waals surface area contributed by atoms with E-state index in [9.17, 15) is 45.3 Å². The molecule has 0 spiro atoms. The van der Waals surface area contributed by atoms with Gasteiger partial charge in [0.15, 0.2) is 23.4 Å². The Bertz CT molecular complexity index is 1300. The van der Waals surface area contributed by atoms with Crippen molar-refractivity contribution in [2.45, 2.75) is 30.7 Å². The molecule has 39 heavy (non-hydrogen) atoms. The number of esters is 2. The predicted molar refractivity (Wildman–Crippen MR) is 128 cm³/mol. The molecule has 0 aliphatic carbocycles. The molecule has 3 aromatic rings. The molecule has 1 aliphatic rings. The first-order valence-electron chi connectivity index (χ1n) is 11.4. The second kappa shape index (κ2) is 11.3. The van der Waals surface area contributed by atoms with Crippen LogP contribution >= 0.6 is 0 Å². The highest BCUT2D eigenvalue weighted by Gasteiger charge is 2.48. The van der Waals surface area contributed by atoms with Crippen molar-refractivity contribution in [3.05, 3.63) is 71.8 Å². The molecule has 0 amide bonds. The van der Waals surface area contributed by atoms with Crippen LogP contribution in [0, 0.1) is 0 Å². The van der Waals surface area contributed by atoms with Gasteiger partial charge in [-0.15, -0.1) is 0 Å². The topological polar surface area (TPSA) is 213 Å². The van der Waals surface area contributed by atoms with Crippen LogP contribution < -0.4 is 4.74 Å². The number of ether oxygens (including phenoxy) is 4. The third-order valence-corrected chi connectivity index (χ3v) is 5.76. The largest absolute Gasteiger partial charge is 0.508 e. The van der Waals surface area contributed by atoms with Crippen LogP contribution in [0.25, 0.3) is 0 Å². The van der Waals surface area contributed by atoms with Gasteiger partial charge in [-0.05, 0) is 60.7 Å². The van der Waals surface area contributed by atoms with Gasteiger partial charge in [0.05, 0.1) is 11.1 Å². The van der Waals surface area contributed by atoms with E-state index in [4.69, 9.17) is 18.9 Å². The minimum Gasteiger partial charge on any atom is -0.508 e. The van der Waals surface area contributed by atoms with Gasteiger partial charge in [0, 0.05) is 0 Å². The highest BCUT2D eigenvalue weighted by atomic mass is 16.7. The summed E-state index contributed by atoms with van der Waals surface area (Å²) < 4.78 is 21.8. The Morgan fingerprint density at radius 3 is 1.90 bits per heavy atom. The Hall–Kier alpha value is -4.72. The van der Waals surface area contributed by atoms with Crippen molar-refractivity contribution in [1.82, 2.24) is 0 Å². The lowest BCUT2D eigenvalue weighted by molar-refractivity contribution is -0.276. The Balaban J connectivity index is 1.53. The number of phenols is 5. The number of benzene rings is 3. The van der Waals surface area contributed by atoms with Crippen LogP contribution in [0.15, 0.2) is 60.7 Å². The van der Waals surface area contributed by atoms with Crippen LogP contribution in [0.1, 0.15) is 20.7 Å². The number of rotatable bonds is 7. The van der Waals surface area contributed by atoms with Gasteiger partial charge in [0.2, 0.25) is 6.29 Å². The SMILES string of the molecule is O=C(OC[C@H]1O[C@@H](Oc2ccc(O)cc2)[C@H](OC(=O)c2cc(O)c(O)c(O)c2)[C@@H](O)[C@@H]1O)c1ccc(O)cc1. The Labute approximate surface area is 220 Å². The first-order chi connectivity index (χ1) is 18.5. The first kappa shape index (κ1) is 27.3. The minimum absolute atomic E-state index is 0.0618. The maximum Gasteiger partial charge on any atom is 0.339 e. The fourth-order valence-corrected chi connectivity index (χ4v) is 3.67. The highest BCUT2D eigenvalue weighted by molar-refractivity contribution is 5.91. The Kier molecular flexibility index (Phi) is 7.95. The minimum atomic E-state index is -1.83. The summed E-state index contributed by atoms with van der Waals surface area (Å²) in [6.45, 7) is -0.548. The molecule has 1 fully saturated rings. The summed E-state index contributed by atoms with van der Waals surface area (Å²) in [6, 6.07) is 12.1. The number of aliphatic hydroxyl groups excluding tert-OH is 2. The molecule has 13 nitrogen and oxygen atoms in total. The molecule has 0 radical (unpaired) electrons. The number of hydrogen-bond donors (Lipinski definition) is 7.